The second-order valence-electron chi connectivity index (χ2n) is 5.93. The number of thiophene rings is 1. The summed E-state index contributed by atoms with van der Waals surface area (Å²) in [6.07, 6.45) is 8.22. The molecule has 4 nitrogen and oxygen atoms in total. The zero-order chi connectivity index (χ0) is 14.1. The molecule has 2 saturated heterocycles. The predicted molar refractivity (Wildman–Crippen MR) is 82.5 cm³/mol. The van der Waals surface area contributed by atoms with Crippen molar-refractivity contribution in [2.45, 2.75) is 37.3 Å². The van der Waals surface area contributed by atoms with Crippen LogP contribution in [0.1, 0.15) is 31.7 Å². The molecule has 2 fully saturated rings. The Balaban J connectivity index is 1.60. The van der Waals surface area contributed by atoms with Gasteiger partial charge in [0, 0.05) is 38.3 Å². The lowest BCUT2D eigenvalue weighted by Gasteiger charge is -2.43. The van der Waals surface area contributed by atoms with Gasteiger partial charge >= 0.3 is 0 Å². The maximum absolute atomic E-state index is 6.15. The van der Waals surface area contributed by atoms with E-state index in [9.17, 15) is 0 Å². The van der Waals surface area contributed by atoms with Gasteiger partial charge in [0.25, 0.3) is 0 Å². The third-order valence-corrected chi connectivity index (χ3v) is 5.54. The number of hydrogen-bond acceptors (Lipinski definition) is 4. The van der Waals surface area contributed by atoms with E-state index in [0.717, 1.165) is 51.3 Å². The quantitative estimate of drug-likeness (QED) is 0.852. The largest absolute Gasteiger partial charge is 0.381 e. The van der Waals surface area contributed by atoms with Crippen molar-refractivity contribution < 1.29 is 9.47 Å². The molecule has 1 unspecified atom stereocenters. The van der Waals surface area contributed by atoms with E-state index in [2.05, 4.69) is 33.3 Å². The van der Waals surface area contributed by atoms with E-state index in [1.54, 1.807) is 11.3 Å². The van der Waals surface area contributed by atoms with E-state index in [1.165, 1.54) is 4.88 Å². The molecular weight excluding hydrogens is 284 g/mol. The summed E-state index contributed by atoms with van der Waals surface area (Å²) in [6, 6.07) is 4.71. The highest BCUT2D eigenvalue weighted by Crippen LogP contribution is 2.40. The van der Waals surface area contributed by atoms with E-state index in [0.29, 0.717) is 6.04 Å². The molecule has 2 aromatic rings. The smallest absolute Gasteiger partial charge is 0.150 e. The van der Waals surface area contributed by atoms with Crippen LogP contribution in [0.15, 0.2) is 29.9 Å². The molecule has 21 heavy (non-hydrogen) atoms. The molecule has 5 heteroatoms. The minimum atomic E-state index is 0.0259. The summed E-state index contributed by atoms with van der Waals surface area (Å²) in [5.74, 6) is 1.10. The second kappa shape index (κ2) is 5.55. The Morgan fingerprint density at radius 3 is 3.00 bits per heavy atom. The summed E-state index contributed by atoms with van der Waals surface area (Å²) in [5.41, 5.74) is 0.0259. The Morgan fingerprint density at radius 2 is 2.19 bits per heavy atom. The van der Waals surface area contributed by atoms with Gasteiger partial charge in [-0.05, 0) is 37.1 Å². The molecule has 4 rings (SSSR count). The molecule has 1 atom stereocenters. The first-order valence-corrected chi connectivity index (χ1v) is 8.53. The van der Waals surface area contributed by atoms with Crippen LogP contribution < -0.4 is 0 Å². The standard InChI is InChI=1S/C16H20N2O2S/c1-2-14(21-11-1)15-17-6-7-18(15)13-3-8-20-16(12-13)4-9-19-10-5-16/h1-2,6-7,11,13H,3-5,8-10,12H2. The first-order valence-electron chi connectivity index (χ1n) is 7.65. The van der Waals surface area contributed by atoms with Gasteiger partial charge in [0.2, 0.25) is 0 Å². The lowest BCUT2D eigenvalue weighted by Crippen LogP contribution is -2.44. The average molecular weight is 304 g/mol. The Morgan fingerprint density at radius 1 is 1.29 bits per heavy atom. The molecular formula is C16H20N2O2S. The van der Waals surface area contributed by atoms with Gasteiger partial charge in [-0.2, -0.15) is 0 Å². The molecule has 2 aromatic heterocycles. The molecule has 0 aromatic carbocycles. The van der Waals surface area contributed by atoms with Crippen molar-refractivity contribution in [3.05, 3.63) is 29.9 Å². The fourth-order valence-electron chi connectivity index (χ4n) is 3.54. The van der Waals surface area contributed by atoms with Crippen LogP contribution in [0, 0.1) is 0 Å². The molecule has 0 saturated carbocycles. The van der Waals surface area contributed by atoms with Gasteiger partial charge in [-0.15, -0.1) is 11.3 Å². The first kappa shape index (κ1) is 13.5. The monoisotopic (exact) mass is 304 g/mol. The van der Waals surface area contributed by atoms with Crippen molar-refractivity contribution in [1.82, 2.24) is 9.55 Å². The second-order valence-corrected chi connectivity index (χ2v) is 6.87. The van der Waals surface area contributed by atoms with Crippen LogP contribution in [0.2, 0.25) is 0 Å². The number of ether oxygens (including phenoxy) is 2. The summed E-state index contributed by atoms with van der Waals surface area (Å²) in [5, 5.41) is 2.11. The average Bonchev–Trinajstić information content (AvgIpc) is 3.19. The van der Waals surface area contributed by atoms with E-state index in [-0.39, 0.29) is 5.60 Å². The molecule has 112 valence electrons. The van der Waals surface area contributed by atoms with Crippen LogP contribution in [0.3, 0.4) is 0 Å². The van der Waals surface area contributed by atoms with Crippen LogP contribution in [0.4, 0.5) is 0 Å². The van der Waals surface area contributed by atoms with Crippen LogP contribution >= 0.6 is 11.3 Å². The lowest BCUT2D eigenvalue weighted by atomic mass is 9.84. The molecule has 0 aliphatic carbocycles. The van der Waals surface area contributed by atoms with Gasteiger partial charge in [-0.3, -0.25) is 0 Å². The Kier molecular flexibility index (Phi) is 3.57. The van der Waals surface area contributed by atoms with Crippen LogP contribution in [0.5, 0.6) is 0 Å². The van der Waals surface area contributed by atoms with Gasteiger partial charge in [-0.1, -0.05) is 6.07 Å². The van der Waals surface area contributed by atoms with E-state index in [4.69, 9.17) is 9.47 Å². The fourth-order valence-corrected chi connectivity index (χ4v) is 4.26. The minimum absolute atomic E-state index is 0.0259. The van der Waals surface area contributed by atoms with Crippen molar-refractivity contribution in [1.29, 1.82) is 0 Å². The Hall–Kier alpha value is -1.17. The number of aromatic nitrogens is 2. The van der Waals surface area contributed by atoms with Gasteiger partial charge in [0.05, 0.1) is 10.5 Å². The van der Waals surface area contributed by atoms with Crippen LogP contribution in [-0.4, -0.2) is 35.0 Å². The third kappa shape index (κ3) is 2.54. The Labute approximate surface area is 128 Å². The molecule has 0 amide bonds. The Bertz CT molecular complexity index is 582. The maximum Gasteiger partial charge on any atom is 0.150 e. The van der Waals surface area contributed by atoms with E-state index in [1.807, 2.05) is 6.20 Å². The van der Waals surface area contributed by atoms with Gasteiger partial charge in [-0.25, -0.2) is 4.98 Å². The molecule has 0 bridgehead atoms. The zero-order valence-corrected chi connectivity index (χ0v) is 12.8. The third-order valence-electron chi connectivity index (χ3n) is 4.67. The summed E-state index contributed by atoms with van der Waals surface area (Å²) in [7, 11) is 0. The highest BCUT2D eigenvalue weighted by Gasteiger charge is 2.40. The highest BCUT2D eigenvalue weighted by atomic mass is 32.1. The first-order chi connectivity index (χ1) is 10.4. The fraction of sp³-hybridized carbons (Fsp3) is 0.562. The van der Waals surface area contributed by atoms with E-state index < -0.39 is 0 Å². The molecule has 0 N–H and O–H groups in total. The predicted octanol–water partition coefficient (Wildman–Crippen LogP) is 3.51. The topological polar surface area (TPSA) is 36.3 Å². The number of nitrogens with zero attached hydrogens (tertiary/aromatic N) is 2. The van der Waals surface area contributed by atoms with Gasteiger partial charge in [0.1, 0.15) is 5.82 Å². The maximum atomic E-state index is 6.15. The van der Waals surface area contributed by atoms with Crippen molar-refractivity contribution >= 4 is 11.3 Å². The normalized spacial score (nSPS) is 25.2. The van der Waals surface area contributed by atoms with Crippen LogP contribution in [-0.2, 0) is 9.47 Å². The van der Waals surface area contributed by atoms with Crippen molar-refractivity contribution in [3.8, 4) is 10.7 Å². The zero-order valence-electron chi connectivity index (χ0n) is 12.0. The SMILES string of the molecule is c1csc(-c2nccn2C2CCOC3(CCOCC3)C2)c1. The summed E-state index contributed by atoms with van der Waals surface area (Å²) in [6.45, 7) is 2.50. The van der Waals surface area contributed by atoms with Crippen molar-refractivity contribution in [3.63, 3.8) is 0 Å². The molecule has 0 radical (unpaired) electrons. The summed E-state index contributed by atoms with van der Waals surface area (Å²) >= 11 is 1.75. The molecule has 4 heterocycles. The van der Waals surface area contributed by atoms with Gasteiger partial charge in [0.15, 0.2) is 0 Å². The highest BCUT2D eigenvalue weighted by molar-refractivity contribution is 7.13. The molecule has 2 aliphatic rings. The number of rotatable bonds is 2. The lowest BCUT2D eigenvalue weighted by molar-refractivity contribution is -0.144. The van der Waals surface area contributed by atoms with Gasteiger partial charge < -0.3 is 14.0 Å². The number of imidazole rings is 1. The summed E-state index contributed by atoms with van der Waals surface area (Å²) < 4.78 is 14.0. The van der Waals surface area contributed by atoms with Crippen LogP contribution in [0.25, 0.3) is 10.7 Å². The van der Waals surface area contributed by atoms with E-state index >= 15 is 0 Å². The van der Waals surface area contributed by atoms with Crippen molar-refractivity contribution in [2.24, 2.45) is 0 Å². The summed E-state index contributed by atoms with van der Waals surface area (Å²) in [4.78, 5) is 5.82. The minimum Gasteiger partial charge on any atom is -0.381 e. The molecule has 2 aliphatic heterocycles. The number of hydrogen-bond donors (Lipinski definition) is 0. The molecule has 1 spiro atoms. The van der Waals surface area contributed by atoms with Crippen molar-refractivity contribution in [2.75, 3.05) is 19.8 Å².